The van der Waals surface area contributed by atoms with Gasteiger partial charge in [0, 0.05) is 19.4 Å². The molecule has 26 nitrogen and oxygen atoms in total. The van der Waals surface area contributed by atoms with Crippen molar-refractivity contribution < 1.29 is 127 Å². The van der Waals surface area contributed by atoms with Crippen LogP contribution in [0.5, 0.6) is 0 Å². The molecule has 26 heteroatoms. The summed E-state index contributed by atoms with van der Waals surface area (Å²) in [6.45, 7) is 17.7. The Kier molecular flexibility index (Phi) is 19.5. The Bertz CT molecular complexity index is 2450. The summed E-state index contributed by atoms with van der Waals surface area (Å²) >= 11 is 0. The zero-order chi connectivity index (χ0) is 62.5. The van der Waals surface area contributed by atoms with E-state index in [4.69, 9.17) is 61.6 Å². The molecule has 0 aromatic heterocycles. The van der Waals surface area contributed by atoms with E-state index in [1.807, 2.05) is 13.8 Å². The van der Waals surface area contributed by atoms with E-state index in [-0.39, 0.29) is 35.7 Å². The highest BCUT2D eigenvalue weighted by Gasteiger charge is 2.79. The molecule has 490 valence electrons. The third-order valence-corrected chi connectivity index (χ3v) is 21.7. The van der Waals surface area contributed by atoms with E-state index < -0.39 is 195 Å². The van der Waals surface area contributed by atoms with Crippen LogP contribution in [0.1, 0.15) is 113 Å². The summed E-state index contributed by atoms with van der Waals surface area (Å²) in [6.07, 6.45) is -28.1. The summed E-state index contributed by atoms with van der Waals surface area (Å²) in [6, 6.07) is 0. The van der Waals surface area contributed by atoms with Crippen LogP contribution < -0.4 is 0 Å². The average Bonchev–Trinajstić information content (AvgIpc) is 1.46. The van der Waals surface area contributed by atoms with E-state index in [1.54, 1.807) is 0 Å². The highest BCUT2D eigenvalue weighted by Crippen LogP contribution is 2.77. The molecule has 0 aromatic carbocycles. The molecule has 11 N–H and O–H groups in total. The lowest BCUT2D eigenvalue weighted by atomic mass is 9.41. The summed E-state index contributed by atoms with van der Waals surface area (Å²) in [5.41, 5.74) is -1.02. The summed E-state index contributed by atoms with van der Waals surface area (Å²) < 4.78 is 79.1. The number of aliphatic hydroxyl groups excluding tert-OH is 11. The maximum absolute atomic E-state index is 14.7. The van der Waals surface area contributed by atoms with Gasteiger partial charge < -0.3 is 118 Å². The number of allylic oxidation sites excluding steroid dienone is 3. The molecule has 3 saturated carbocycles. The summed E-state index contributed by atoms with van der Waals surface area (Å²) in [4.78, 5) is 27.5. The highest BCUT2D eigenvalue weighted by atomic mass is 16.8. The van der Waals surface area contributed by atoms with Crippen LogP contribution in [0.3, 0.4) is 0 Å². The van der Waals surface area contributed by atoms with Gasteiger partial charge in [-0.15, -0.1) is 6.58 Å². The maximum Gasteiger partial charge on any atom is 0.314 e. The van der Waals surface area contributed by atoms with Gasteiger partial charge in [0.05, 0.1) is 50.0 Å². The number of rotatable bonds is 17. The lowest BCUT2D eigenvalue weighted by Crippen LogP contribution is -2.67. The minimum Gasteiger partial charge on any atom is -0.462 e. The third kappa shape index (κ3) is 11.4. The molecule has 10 aliphatic rings. The Morgan fingerprint density at radius 1 is 0.674 bits per heavy atom. The van der Waals surface area contributed by atoms with Gasteiger partial charge in [-0.2, -0.15) is 0 Å². The standard InChI is InChI=1S/C60H94O26/c1-25(2)12-11-17-59(9)49-33(79-27(4)62)20-58(8)29-13-14-35-56(5,6)36(16-18-57(35,7)28(29)15-19-60(49,58)55(73)86-59)81-53-47(38(67)31(64)23-77-53)85-54-48(84-50-40(69)37(66)30(63)22-75-50)41(70)44(26(3)78-54)82-51-42(71)45(32(65)24-76-51)83-52-43(72)46(74-10)39(68)34(21-61)80-52/h13,26,28,30-54,61,63-72H,1,11-12,14-24H2,2-10H3/t26-,28+,30-,31-,32-,33+,34-,35+,36+,37+,38+,39-,40-,41+,42-,43-,44-,45+,46+,47-,48-,49-,50+,51+,52+,53+,54+,57-,58+,59+,60-/m1/s1. The zero-order valence-electron chi connectivity index (χ0n) is 50.6. The van der Waals surface area contributed by atoms with E-state index >= 15 is 0 Å². The Hall–Kier alpha value is -2.46. The van der Waals surface area contributed by atoms with Gasteiger partial charge in [-0.3, -0.25) is 9.59 Å². The molecule has 9 fully saturated rings. The number of cyclic esters (lactones) is 1. The predicted octanol–water partition coefficient (Wildman–Crippen LogP) is -0.744. The molecule has 10 rings (SSSR count). The van der Waals surface area contributed by atoms with Crippen molar-refractivity contribution >= 4 is 11.9 Å². The first-order chi connectivity index (χ1) is 40.5. The van der Waals surface area contributed by atoms with Crippen molar-refractivity contribution in [3.8, 4) is 0 Å². The first-order valence-corrected chi connectivity index (χ1v) is 30.6. The highest BCUT2D eigenvalue weighted by molar-refractivity contribution is 5.84. The predicted molar refractivity (Wildman–Crippen MR) is 292 cm³/mol. The van der Waals surface area contributed by atoms with Crippen molar-refractivity contribution in [1.82, 2.24) is 0 Å². The van der Waals surface area contributed by atoms with Crippen LogP contribution in [0.15, 0.2) is 23.8 Å². The molecule has 0 radical (unpaired) electrons. The number of esters is 2. The van der Waals surface area contributed by atoms with Gasteiger partial charge in [0.1, 0.15) is 109 Å². The third-order valence-electron chi connectivity index (χ3n) is 21.7. The summed E-state index contributed by atoms with van der Waals surface area (Å²) in [5, 5.41) is 121. The van der Waals surface area contributed by atoms with Gasteiger partial charge in [-0.1, -0.05) is 44.9 Å². The van der Waals surface area contributed by atoms with Crippen molar-refractivity contribution in [3.63, 3.8) is 0 Å². The van der Waals surface area contributed by atoms with Crippen LogP contribution in [0, 0.1) is 39.4 Å². The number of ether oxygens (including phenoxy) is 13. The van der Waals surface area contributed by atoms with Gasteiger partial charge in [0.25, 0.3) is 0 Å². The smallest absolute Gasteiger partial charge is 0.314 e. The van der Waals surface area contributed by atoms with Crippen LogP contribution in [0.25, 0.3) is 0 Å². The second-order valence-corrected chi connectivity index (χ2v) is 27.5. The van der Waals surface area contributed by atoms with Crippen LogP contribution in [0.4, 0.5) is 0 Å². The number of carbonyl (C=O) groups is 2. The second-order valence-electron chi connectivity index (χ2n) is 27.5. The Morgan fingerprint density at radius 2 is 1.28 bits per heavy atom. The molecule has 0 amide bonds. The van der Waals surface area contributed by atoms with E-state index in [1.165, 1.54) is 26.5 Å². The Balaban J connectivity index is 0.875. The topological polar surface area (TPSA) is 377 Å². The van der Waals surface area contributed by atoms with Gasteiger partial charge in [0.15, 0.2) is 31.5 Å². The van der Waals surface area contributed by atoms with Crippen molar-refractivity contribution in [2.24, 2.45) is 39.4 Å². The molecule has 6 saturated heterocycles. The SMILES string of the molecule is C=C(C)CCC[C@]1(C)OC(=O)[C@]23CC[C@H]4C(=CC[C@H]5C(C)(C)[C@@H](O[C@@H]6OC[C@@H](O)[C@H](O)[C@H]6O[C@@H]6O[C@H](C)[C@@H](O[C@@H]7OC[C@@H](O)[C@H](O[C@@H]8O[C@H](CO)[C@@H](O)[C@H](OC)[C@H]8O)[C@H]7O)[C@H](O)[C@H]6O[C@@H]6OC[C@@H](O)[C@H](O)[C@H]6O)CC[C@]45C)[C@]2(C)C[C@H](OC(C)=O)[C@@H]31. The van der Waals surface area contributed by atoms with Crippen LogP contribution >= 0.6 is 0 Å². The van der Waals surface area contributed by atoms with Crippen LogP contribution in [-0.2, 0) is 71.2 Å². The number of hydrogen-bond acceptors (Lipinski definition) is 26. The molecule has 0 aromatic rings. The fourth-order valence-corrected chi connectivity index (χ4v) is 17.3. The minimum absolute atomic E-state index is 0.0193. The normalized spacial score (nSPS) is 51.7. The molecular weight excluding hydrogens is 1140 g/mol. The lowest BCUT2D eigenvalue weighted by molar-refractivity contribution is -0.399. The first-order valence-electron chi connectivity index (χ1n) is 30.6. The Labute approximate surface area is 500 Å². The van der Waals surface area contributed by atoms with Crippen molar-refractivity contribution in [2.75, 3.05) is 33.5 Å². The Morgan fingerprint density at radius 3 is 1.94 bits per heavy atom. The number of carbonyl (C=O) groups excluding carboxylic acids is 2. The zero-order valence-corrected chi connectivity index (χ0v) is 50.6. The van der Waals surface area contributed by atoms with Gasteiger partial charge in [-0.25, -0.2) is 0 Å². The molecule has 1 spiro atoms. The monoisotopic (exact) mass is 1230 g/mol. The van der Waals surface area contributed by atoms with E-state index in [2.05, 4.69) is 40.3 Å². The fraction of sp³-hybridized carbons (Fsp3) is 0.900. The molecule has 6 aliphatic heterocycles. The van der Waals surface area contributed by atoms with Crippen LogP contribution in [-0.4, -0.2) is 255 Å². The molecule has 0 unspecified atom stereocenters. The molecule has 0 bridgehead atoms. The number of fused-ring (bicyclic) bond motifs is 4. The first kappa shape index (κ1) is 66.5. The quantitative estimate of drug-likeness (QED) is 0.0631. The maximum atomic E-state index is 14.7. The molecular formula is C60H94O26. The molecule has 4 aliphatic carbocycles. The number of methoxy groups -OCH3 is 1. The molecule has 86 heavy (non-hydrogen) atoms. The van der Waals surface area contributed by atoms with Gasteiger partial charge >= 0.3 is 11.9 Å². The van der Waals surface area contributed by atoms with Crippen LogP contribution in [0.2, 0.25) is 0 Å². The summed E-state index contributed by atoms with van der Waals surface area (Å²) in [7, 11) is 1.21. The van der Waals surface area contributed by atoms with Gasteiger partial charge in [0.2, 0.25) is 0 Å². The summed E-state index contributed by atoms with van der Waals surface area (Å²) in [5.74, 6) is -0.880. The second kappa shape index (κ2) is 25.2. The van der Waals surface area contributed by atoms with E-state index in [0.29, 0.717) is 44.9 Å². The van der Waals surface area contributed by atoms with Crippen molar-refractivity contribution in [3.05, 3.63) is 23.8 Å². The minimum atomic E-state index is -1.89. The largest absolute Gasteiger partial charge is 0.462 e. The lowest BCUT2D eigenvalue weighted by Gasteiger charge is -2.64. The number of hydrogen-bond donors (Lipinski definition) is 11. The molecule has 6 heterocycles. The number of aliphatic hydroxyl groups is 11. The average molecular weight is 1230 g/mol. The fourth-order valence-electron chi connectivity index (χ4n) is 17.3. The van der Waals surface area contributed by atoms with Crippen molar-refractivity contribution in [2.45, 2.75) is 266 Å². The van der Waals surface area contributed by atoms with Gasteiger partial charge in [-0.05, 0) is 101 Å². The van der Waals surface area contributed by atoms with E-state index in [0.717, 1.165) is 18.4 Å². The molecule has 31 atom stereocenters. The van der Waals surface area contributed by atoms with Crippen molar-refractivity contribution in [1.29, 1.82) is 0 Å². The van der Waals surface area contributed by atoms with E-state index in [9.17, 15) is 65.8 Å².